The molecule has 5 aliphatic carbocycles. The number of hydrogen-bond donors (Lipinski definition) is 14. The smallest absolute Gasteiger partial charge is 0.315 e. The van der Waals surface area contributed by atoms with Gasteiger partial charge in [0, 0.05) is 87.4 Å². The molecule has 4 aliphatic heterocycles. The average molecular weight is 1140 g/mol. The summed E-state index contributed by atoms with van der Waals surface area (Å²) in [6, 6.07) is -3.11. The first kappa shape index (κ1) is 54.8. The number of hydrogen-bond acceptors (Lipinski definition) is 20. The first-order valence-corrected chi connectivity index (χ1v) is 30.3. The number of amides is 6. The summed E-state index contributed by atoms with van der Waals surface area (Å²) in [5.41, 5.74) is 1.98. The highest BCUT2D eigenvalue weighted by atomic mass is 16.3. The molecule has 12 atom stereocenters. The second-order valence-electron chi connectivity index (χ2n) is 24.8. The zero-order chi connectivity index (χ0) is 56.2. The van der Waals surface area contributed by atoms with Gasteiger partial charge in [-0.2, -0.15) is 19.9 Å². The van der Waals surface area contributed by atoms with Crippen molar-refractivity contribution in [3.05, 3.63) is 12.7 Å². The molecule has 444 valence electrons. The summed E-state index contributed by atoms with van der Waals surface area (Å²) < 4.78 is 3.60. The molecule has 14 N–H and O–H groups in total. The van der Waals surface area contributed by atoms with E-state index in [9.17, 15) is 39.6 Å². The van der Waals surface area contributed by atoms with Crippen LogP contribution in [0.3, 0.4) is 0 Å². The molecule has 4 aromatic rings. The van der Waals surface area contributed by atoms with E-state index in [4.69, 9.17) is 29.9 Å². The van der Waals surface area contributed by atoms with Crippen LogP contribution in [-0.4, -0.2) is 208 Å². The summed E-state index contributed by atoms with van der Waals surface area (Å²) in [6.07, 6.45) is 10.5. The standard InChI is InChI=1S/C54H80N20O8/c75-41-35(65-49(79)27-3-1-4-27)19-37(43(41)77)73-25-57-39-45(67-51(69-47(39)73)71-17-13-33(23-71)63-53(81)61-31-11-15-55-21-31)59-29-7-9-30(10-8-29)60-46-40-48(70-52(68-46)72-18-14-34(24-72)64-54(82)62-32-12-16-56-22-32)74(26-58-40)38-20-36(42(76)44(38)78)66-50(80)28-5-2-6-28/h25-38,41-44,55-56,75-78H,1-24H2,(H,65,79)(H,66,80)(H,59,67,69)(H,60,68,70)(H2,61,63,81)(H2,62,64,82)/t29-,30-,31-,32-,33-,34-,35+,36+,37-,38-,41-,42-,43+,44+/m1/s1. The van der Waals surface area contributed by atoms with Gasteiger partial charge in [-0.3, -0.25) is 9.59 Å². The zero-order valence-corrected chi connectivity index (χ0v) is 46.3. The number of aromatic nitrogens is 8. The lowest BCUT2D eigenvalue weighted by Gasteiger charge is -2.31. The van der Waals surface area contributed by atoms with Gasteiger partial charge in [-0.05, 0) is 103 Å². The molecule has 0 unspecified atom stereocenters. The van der Waals surface area contributed by atoms with Crippen LogP contribution >= 0.6 is 0 Å². The molecule has 28 heteroatoms. The number of rotatable bonds is 16. The van der Waals surface area contributed by atoms with E-state index in [1.165, 1.54) is 0 Å². The number of urea groups is 2. The minimum absolute atomic E-state index is 0.0229. The van der Waals surface area contributed by atoms with Crippen LogP contribution in [0.4, 0.5) is 33.1 Å². The first-order chi connectivity index (χ1) is 39.8. The maximum absolute atomic E-state index is 13.0. The lowest BCUT2D eigenvalue weighted by Crippen LogP contribution is -2.47. The highest BCUT2D eigenvalue weighted by Gasteiger charge is 2.47. The third kappa shape index (κ3) is 11.2. The van der Waals surface area contributed by atoms with Gasteiger partial charge in [0.25, 0.3) is 0 Å². The van der Waals surface area contributed by atoms with Crippen molar-refractivity contribution in [2.75, 3.05) is 72.8 Å². The number of fused-ring (bicyclic) bond motifs is 2. The number of carbonyl (C=O) groups is 4. The van der Waals surface area contributed by atoms with Crippen molar-refractivity contribution in [3.63, 3.8) is 0 Å². The summed E-state index contributed by atoms with van der Waals surface area (Å²) in [4.78, 5) is 86.3. The number of imidazole rings is 2. The van der Waals surface area contributed by atoms with Gasteiger partial charge in [-0.25, -0.2) is 19.6 Å². The van der Waals surface area contributed by atoms with Gasteiger partial charge in [-0.1, -0.05) is 12.8 Å². The summed E-state index contributed by atoms with van der Waals surface area (Å²) in [7, 11) is 0. The molecule has 8 heterocycles. The molecule has 5 saturated carbocycles. The molecular formula is C54H80N20O8. The molecule has 6 amide bonds. The number of carbonyl (C=O) groups excluding carboxylic acids is 4. The van der Waals surface area contributed by atoms with Crippen LogP contribution in [0.25, 0.3) is 22.3 Å². The lowest BCUT2D eigenvalue weighted by molar-refractivity contribution is -0.129. The predicted molar refractivity (Wildman–Crippen MR) is 301 cm³/mol. The Bertz CT molecular complexity index is 2780. The van der Waals surface area contributed by atoms with E-state index in [2.05, 4.69) is 63.0 Å². The second-order valence-corrected chi connectivity index (χ2v) is 24.8. The van der Waals surface area contributed by atoms with Crippen LogP contribution in [-0.2, 0) is 9.59 Å². The highest BCUT2D eigenvalue weighted by molar-refractivity contribution is 5.86. The Balaban J connectivity index is 0.728. The van der Waals surface area contributed by atoms with E-state index in [0.717, 1.165) is 103 Å². The van der Waals surface area contributed by atoms with Crippen LogP contribution in [0.5, 0.6) is 0 Å². The van der Waals surface area contributed by atoms with Crippen molar-refractivity contribution in [1.29, 1.82) is 0 Å². The van der Waals surface area contributed by atoms with Crippen LogP contribution in [0, 0.1) is 11.8 Å². The molecule has 0 radical (unpaired) electrons. The van der Waals surface area contributed by atoms with Crippen LogP contribution < -0.4 is 63.0 Å². The van der Waals surface area contributed by atoms with E-state index in [0.29, 0.717) is 84.9 Å². The molecule has 4 saturated heterocycles. The molecule has 28 nitrogen and oxygen atoms in total. The topological polar surface area (TPSA) is 363 Å². The molecule has 9 fully saturated rings. The molecule has 0 bridgehead atoms. The number of aliphatic hydroxyl groups excluding tert-OH is 4. The molecule has 13 rings (SSSR count). The monoisotopic (exact) mass is 1140 g/mol. The van der Waals surface area contributed by atoms with E-state index in [1.54, 1.807) is 21.8 Å². The zero-order valence-electron chi connectivity index (χ0n) is 46.3. The van der Waals surface area contributed by atoms with Crippen molar-refractivity contribution in [1.82, 2.24) is 81.6 Å². The van der Waals surface area contributed by atoms with Crippen molar-refractivity contribution in [2.24, 2.45) is 11.8 Å². The largest absolute Gasteiger partial charge is 0.388 e. The van der Waals surface area contributed by atoms with Gasteiger partial charge >= 0.3 is 12.1 Å². The van der Waals surface area contributed by atoms with Crippen molar-refractivity contribution in [2.45, 2.75) is 188 Å². The van der Waals surface area contributed by atoms with Crippen molar-refractivity contribution >= 4 is 69.7 Å². The van der Waals surface area contributed by atoms with Gasteiger partial charge in [0.05, 0.1) is 36.8 Å². The van der Waals surface area contributed by atoms with Crippen LogP contribution in [0.1, 0.15) is 115 Å². The van der Waals surface area contributed by atoms with Gasteiger partial charge in [0.2, 0.25) is 23.7 Å². The molecule has 4 aromatic heterocycles. The molecule has 82 heavy (non-hydrogen) atoms. The third-order valence-electron chi connectivity index (χ3n) is 19.3. The number of aliphatic hydroxyl groups is 4. The quantitative estimate of drug-likeness (QED) is 0.0652. The number of nitrogens with one attached hydrogen (secondary N) is 10. The summed E-state index contributed by atoms with van der Waals surface area (Å²) in [5, 5.41) is 78.1. The number of nitrogens with zero attached hydrogens (tertiary/aromatic N) is 10. The fourth-order valence-corrected chi connectivity index (χ4v) is 13.8. The maximum Gasteiger partial charge on any atom is 0.315 e. The van der Waals surface area contributed by atoms with E-state index >= 15 is 0 Å². The molecule has 0 aromatic carbocycles. The Labute approximate surface area is 474 Å². The summed E-state index contributed by atoms with van der Waals surface area (Å²) in [5.74, 6) is 1.62. The van der Waals surface area contributed by atoms with Crippen molar-refractivity contribution in [3.8, 4) is 0 Å². The van der Waals surface area contributed by atoms with Gasteiger partial charge in [-0.15, -0.1) is 0 Å². The molecule has 9 aliphatic rings. The Morgan fingerprint density at radius 2 is 0.890 bits per heavy atom. The Kier molecular flexibility index (Phi) is 15.6. The Morgan fingerprint density at radius 1 is 0.476 bits per heavy atom. The average Bonchev–Trinajstić information content (AvgIpc) is 3.67. The minimum Gasteiger partial charge on any atom is -0.388 e. The molecular weight excluding hydrogens is 1060 g/mol. The van der Waals surface area contributed by atoms with E-state index in [-0.39, 0.29) is 84.8 Å². The Morgan fingerprint density at radius 3 is 1.27 bits per heavy atom. The van der Waals surface area contributed by atoms with Gasteiger partial charge in [0.1, 0.15) is 24.4 Å². The highest BCUT2D eigenvalue weighted by Crippen LogP contribution is 2.39. The van der Waals surface area contributed by atoms with Crippen LogP contribution in [0.2, 0.25) is 0 Å². The van der Waals surface area contributed by atoms with Gasteiger partial charge in [0.15, 0.2) is 34.0 Å². The number of anilines is 4. The fraction of sp³-hybridized carbons (Fsp3) is 0.741. The second kappa shape index (κ2) is 23.3. The summed E-state index contributed by atoms with van der Waals surface area (Å²) >= 11 is 0. The van der Waals surface area contributed by atoms with Crippen molar-refractivity contribution < 1.29 is 39.6 Å². The van der Waals surface area contributed by atoms with E-state index in [1.807, 2.05) is 0 Å². The Hall–Kier alpha value is -6.46. The van der Waals surface area contributed by atoms with Crippen LogP contribution in [0.15, 0.2) is 12.7 Å². The lowest BCUT2D eigenvalue weighted by atomic mass is 9.84. The summed E-state index contributed by atoms with van der Waals surface area (Å²) in [6.45, 7) is 5.37. The predicted octanol–water partition coefficient (Wildman–Crippen LogP) is -0.816. The third-order valence-corrected chi connectivity index (χ3v) is 19.3. The minimum atomic E-state index is -1.19. The SMILES string of the molecule is O=C(N[C@@H]1CCNC1)N[C@@H]1CCN(c2nc(N[C@H]3CC[C@H](Nc4nc(N5CC[C@@H](NC(=O)N[C@@H]6CCNC6)C5)nc5c4ncn5[C@@H]4C[C@H](NC(=O)C5CCC5)[C@@H](O)[C@H]4O)CC3)c3ncn([C@@H]4C[C@H](NC(=O)C5CCC5)[C@@H](O)[C@H]4O)c3n2)C1. The molecule has 0 spiro atoms. The normalized spacial score (nSPS) is 33.1. The first-order valence-electron chi connectivity index (χ1n) is 30.3. The fourth-order valence-electron chi connectivity index (χ4n) is 13.8. The maximum atomic E-state index is 13.0. The van der Waals surface area contributed by atoms with Gasteiger partial charge < -0.3 is 92.5 Å². The van der Waals surface area contributed by atoms with E-state index < -0.39 is 48.6 Å².